The maximum absolute atomic E-state index is 2.43. The highest BCUT2D eigenvalue weighted by Gasteiger charge is 2.19. The van der Waals surface area contributed by atoms with Crippen molar-refractivity contribution >= 4 is 22.3 Å². The van der Waals surface area contributed by atoms with Crippen LogP contribution < -0.4 is 4.90 Å². The summed E-state index contributed by atoms with van der Waals surface area (Å²) in [6.45, 7) is 1.06. The Morgan fingerprint density at radius 1 is 0.613 bits per heavy atom. The molecule has 2 nitrogen and oxygen atoms in total. The Balaban J connectivity index is 1.20. The smallest absolute Gasteiger partial charge is 0.0528 e. The maximum Gasteiger partial charge on any atom is 0.0528 e. The van der Waals surface area contributed by atoms with Gasteiger partial charge in [0.05, 0.1) is 5.52 Å². The Morgan fingerprint density at radius 2 is 1.29 bits per heavy atom. The third kappa shape index (κ3) is 3.30. The molecule has 2 heterocycles. The third-order valence-corrected chi connectivity index (χ3v) is 6.36. The number of hydrogen-bond acceptors (Lipinski definition) is 1. The van der Waals surface area contributed by atoms with Gasteiger partial charge >= 0.3 is 0 Å². The average Bonchev–Trinajstić information content (AvgIpc) is 3.45. The summed E-state index contributed by atoms with van der Waals surface area (Å²) in [6.07, 6.45) is 4.22. The Labute approximate surface area is 183 Å². The summed E-state index contributed by atoms with van der Waals surface area (Å²) >= 11 is 0. The average molecular weight is 401 g/mol. The molecule has 0 spiro atoms. The van der Waals surface area contributed by atoms with Gasteiger partial charge in [-0.15, -0.1) is 0 Å². The van der Waals surface area contributed by atoms with Crippen molar-refractivity contribution in [2.24, 2.45) is 0 Å². The van der Waals surface area contributed by atoms with E-state index in [0.717, 1.165) is 19.4 Å². The first kappa shape index (κ1) is 18.0. The van der Waals surface area contributed by atoms with Crippen molar-refractivity contribution in [1.29, 1.82) is 0 Å². The molecule has 150 valence electrons. The van der Waals surface area contributed by atoms with Crippen LogP contribution in [0.2, 0.25) is 0 Å². The van der Waals surface area contributed by atoms with E-state index in [0.29, 0.717) is 0 Å². The first-order chi connectivity index (χ1) is 15.3. The maximum atomic E-state index is 2.43. The van der Waals surface area contributed by atoms with Crippen LogP contribution in [0.4, 0.5) is 11.4 Å². The molecule has 0 amide bonds. The topological polar surface area (TPSA) is 8.17 Å². The van der Waals surface area contributed by atoms with E-state index in [1.165, 1.54) is 44.7 Å². The summed E-state index contributed by atoms with van der Waals surface area (Å²) in [4.78, 5) is 2.43. The van der Waals surface area contributed by atoms with E-state index < -0.39 is 0 Å². The van der Waals surface area contributed by atoms with Gasteiger partial charge in [0.15, 0.2) is 0 Å². The van der Waals surface area contributed by atoms with Gasteiger partial charge in [0, 0.05) is 29.8 Å². The number of aromatic nitrogens is 1. The number of fused-ring (bicyclic) bond motifs is 2. The predicted molar refractivity (Wildman–Crippen MR) is 130 cm³/mol. The second-order valence-corrected chi connectivity index (χ2v) is 8.28. The van der Waals surface area contributed by atoms with Gasteiger partial charge in [0.25, 0.3) is 0 Å². The first-order valence-corrected chi connectivity index (χ1v) is 10.9. The van der Waals surface area contributed by atoms with Crippen molar-refractivity contribution in [3.8, 4) is 5.69 Å². The Kier molecular flexibility index (Phi) is 4.35. The summed E-state index contributed by atoms with van der Waals surface area (Å²) < 4.78 is 2.25. The van der Waals surface area contributed by atoms with Crippen LogP contribution in [0, 0.1) is 0 Å². The van der Waals surface area contributed by atoms with E-state index >= 15 is 0 Å². The molecule has 6 rings (SSSR count). The molecule has 0 unspecified atom stereocenters. The number of hydrogen-bond donors (Lipinski definition) is 0. The molecule has 0 bridgehead atoms. The fraction of sp³-hybridized carbons (Fsp3) is 0.103. The lowest BCUT2D eigenvalue weighted by Crippen LogP contribution is -2.13. The van der Waals surface area contributed by atoms with Crippen molar-refractivity contribution in [2.75, 3.05) is 11.4 Å². The minimum atomic E-state index is 0.948. The van der Waals surface area contributed by atoms with Gasteiger partial charge in [-0.25, -0.2) is 0 Å². The summed E-state index contributed by atoms with van der Waals surface area (Å²) in [5.41, 5.74) is 9.20. The van der Waals surface area contributed by atoms with Gasteiger partial charge in [-0.3, -0.25) is 0 Å². The van der Waals surface area contributed by atoms with Gasteiger partial charge in [0.1, 0.15) is 0 Å². The molecular weight excluding hydrogens is 376 g/mol. The molecule has 0 fully saturated rings. The van der Waals surface area contributed by atoms with E-state index in [-0.39, 0.29) is 0 Å². The molecule has 0 N–H and O–H groups in total. The SMILES string of the molecule is c1ccc2c(c1)CCN2c1ccc(Cc2ccc(-n3ccc4ccccc43)cc2)cc1. The Bertz CT molecular complexity index is 1340. The van der Waals surface area contributed by atoms with E-state index in [2.05, 4.69) is 119 Å². The van der Waals surface area contributed by atoms with Crippen LogP contribution in [0.3, 0.4) is 0 Å². The minimum absolute atomic E-state index is 0.948. The van der Waals surface area contributed by atoms with Crippen molar-refractivity contribution in [3.05, 3.63) is 126 Å². The van der Waals surface area contributed by atoms with Gasteiger partial charge in [-0.2, -0.15) is 0 Å². The summed E-state index contributed by atoms with van der Waals surface area (Å²) in [7, 11) is 0. The van der Waals surface area contributed by atoms with E-state index in [1.807, 2.05) is 0 Å². The lowest BCUT2D eigenvalue weighted by molar-refractivity contribution is 0.997. The highest BCUT2D eigenvalue weighted by Crippen LogP contribution is 2.34. The molecule has 1 aromatic heterocycles. The number of para-hydroxylation sites is 2. The summed E-state index contributed by atoms with van der Waals surface area (Å²) in [5, 5.41) is 1.27. The molecule has 0 saturated carbocycles. The number of nitrogens with zero attached hydrogens (tertiary/aromatic N) is 2. The van der Waals surface area contributed by atoms with Gasteiger partial charge in [0.2, 0.25) is 0 Å². The standard InChI is InChI=1S/C29H24N2/c1-3-7-28-24(5-1)17-19-30(28)26-13-9-22(10-14-26)21-23-11-15-27(16-12-23)31-20-18-25-6-2-4-8-29(25)31/h1-17,19H,18,20-21H2. The molecule has 5 aromatic rings. The van der Waals surface area contributed by atoms with E-state index in [4.69, 9.17) is 0 Å². The zero-order valence-corrected chi connectivity index (χ0v) is 17.4. The molecule has 1 aliphatic rings. The van der Waals surface area contributed by atoms with E-state index in [9.17, 15) is 0 Å². The molecule has 2 heteroatoms. The fourth-order valence-corrected chi connectivity index (χ4v) is 4.72. The second kappa shape index (κ2) is 7.48. The second-order valence-electron chi connectivity index (χ2n) is 8.28. The summed E-state index contributed by atoms with van der Waals surface area (Å²) in [5.74, 6) is 0. The van der Waals surface area contributed by atoms with Crippen LogP contribution in [0.5, 0.6) is 0 Å². The van der Waals surface area contributed by atoms with Crippen LogP contribution >= 0.6 is 0 Å². The number of rotatable bonds is 4. The number of anilines is 2. The Morgan fingerprint density at radius 3 is 2.10 bits per heavy atom. The highest BCUT2D eigenvalue weighted by molar-refractivity contribution is 5.81. The van der Waals surface area contributed by atoms with Crippen molar-refractivity contribution < 1.29 is 0 Å². The fourth-order valence-electron chi connectivity index (χ4n) is 4.72. The molecule has 0 atom stereocenters. The van der Waals surface area contributed by atoms with Crippen LogP contribution in [0.25, 0.3) is 16.6 Å². The number of benzene rings is 4. The van der Waals surface area contributed by atoms with Crippen molar-refractivity contribution in [3.63, 3.8) is 0 Å². The van der Waals surface area contributed by atoms with Crippen LogP contribution in [-0.2, 0) is 12.8 Å². The summed E-state index contributed by atoms with van der Waals surface area (Å²) in [6, 6.07) is 37.4. The zero-order valence-electron chi connectivity index (χ0n) is 17.4. The van der Waals surface area contributed by atoms with Crippen molar-refractivity contribution in [1.82, 2.24) is 4.57 Å². The molecule has 0 aliphatic carbocycles. The zero-order chi connectivity index (χ0) is 20.6. The largest absolute Gasteiger partial charge is 0.341 e. The monoisotopic (exact) mass is 400 g/mol. The normalized spacial score (nSPS) is 13.0. The highest BCUT2D eigenvalue weighted by atomic mass is 15.2. The lowest BCUT2D eigenvalue weighted by Gasteiger charge is -2.20. The molecule has 31 heavy (non-hydrogen) atoms. The van der Waals surface area contributed by atoms with Gasteiger partial charge < -0.3 is 9.47 Å². The van der Waals surface area contributed by atoms with E-state index in [1.54, 1.807) is 0 Å². The third-order valence-electron chi connectivity index (χ3n) is 6.36. The van der Waals surface area contributed by atoms with Crippen LogP contribution in [-0.4, -0.2) is 11.1 Å². The van der Waals surface area contributed by atoms with Crippen LogP contribution in [0.15, 0.2) is 109 Å². The van der Waals surface area contributed by atoms with Gasteiger partial charge in [-0.05, 0) is 77.4 Å². The molecule has 4 aromatic carbocycles. The molecular formula is C29H24N2. The van der Waals surface area contributed by atoms with Crippen LogP contribution in [0.1, 0.15) is 16.7 Å². The van der Waals surface area contributed by atoms with Gasteiger partial charge in [-0.1, -0.05) is 60.7 Å². The minimum Gasteiger partial charge on any atom is -0.341 e. The quantitative estimate of drug-likeness (QED) is 0.318. The molecule has 0 saturated heterocycles. The molecule has 0 radical (unpaired) electrons. The predicted octanol–water partition coefficient (Wildman–Crippen LogP) is 6.92. The lowest BCUT2D eigenvalue weighted by atomic mass is 10.0. The van der Waals surface area contributed by atoms with Crippen molar-refractivity contribution in [2.45, 2.75) is 12.8 Å². The first-order valence-electron chi connectivity index (χ1n) is 10.9. The Hall–Kier alpha value is -3.78. The molecule has 1 aliphatic heterocycles.